The van der Waals surface area contributed by atoms with Gasteiger partial charge in [0.2, 0.25) is 0 Å². The molecule has 0 spiro atoms. The molecule has 2 N–H and O–H groups in total. The Morgan fingerprint density at radius 1 is 0.476 bits per heavy atom. The van der Waals surface area contributed by atoms with Crippen LogP contribution in [0.25, 0.3) is 0 Å². The van der Waals surface area contributed by atoms with Gasteiger partial charge in [0.25, 0.3) is 0 Å². The molecule has 0 fully saturated rings. The van der Waals surface area contributed by atoms with Crippen molar-refractivity contribution in [2.45, 2.75) is 71.5 Å². The van der Waals surface area contributed by atoms with Crippen LogP contribution < -0.4 is 0 Å². The molecule has 0 heterocycles. The first-order chi connectivity index (χ1) is 17.9. The average Bonchev–Trinajstić information content (AvgIpc) is 2.79. The Bertz CT molecular complexity index is 983. The van der Waals surface area contributed by atoms with Crippen LogP contribution in [0.4, 0.5) is 101 Å². The molecule has 0 aliphatic heterocycles. The van der Waals surface area contributed by atoms with Gasteiger partial charge in [0.1, 0.15) is 12.7 Å². The largest absolute Gasteiger partial charge is 0.460 e. The summed E-state index contributed by atoms with van der Waals surface area (Å²) >= 11 is 0. The Hall–Kier alpha value is -2.22. The van der Waals surface area contributed by atoms with Gasteiger partial charge >= 0.3 is 71.4 Å². The van der Waals surface area contributed by atoms with Gasteiger partial charge in [-0.15, -0.1) is 0 Å². The highest BCUT2D eigenvalue weighted by molar-refractivity contribution is 5.79. The smallest absolute Gasteiger partial charge is 0.458 e. The Kier molecular flexibility index (Phi) is 9.90. The molecule has 0 aromatic carbocycles. The van der Waals surface area contributed by atoms with Gasteiger partial charge in [-0.05, 0) is 0 Å². The molecule has 0 bridgehead atoms. The lowest BCUT2D eigenvalue weighted by molar-refractivity contribution is -0.477. The highest BCUT2D eigenvalue weighted by Gasteiger charge is 2.99. The van der Waals surface area contributed by atoms with Gasteiger partial charge in [-0.3, -0.25) is 0 Å². The Labute approximate surface area is 213 Å². The van der Waals surface area contributed by atoms with Crippen molar-refractivity contribution in [3.63, 3.8) is 0 Å². The van der Waals surface area contributed by atoms with Crippen LogP contribution in [0, 0.1) is 0 Å². The Morgan fingerprint density at radius 3 is 0.952 bits per heavy atom. The molecule has 4 nitrogen and oxygen atoms in total. The maximum Gasteiger partial charge on any atom is 0.460 e. The number of carbonyl (C=O) groups is 1. The fraction of sp³-hybridized carbons (Fsp3) is 0.933. The highest BCUT2D eigenvalue weighted by atomic mass is 19.4. The van der Waals surface area contributed by atoms with Crippen LogP contribution in [0.5, 0.6) is 0 Å². The van der Waals surface area contributed by atoms with Crippen molar-refractivity contribution in [3.8, 4) is 0 Å². The number of aliphatic hydroxyl groups is 2. The predicted octanol–water partition coefficient (Wildman–Crippen LogP) is 5.80. The van der Waals surface area contributed by atoms with E-state index in [2.05, 4.69) is 4.74 Å². The molecule has 252 valence electrons. The zero-order chi connectivity index (χ0) is 34.8. The van der Waals surface area contributed by atoms with E-state index >= 15 is 0 Å². The summed E-state index contributed by atoms with van der Waals surface area (Å²) in [7, 11) is 0. The highest BCUT2D eigenvalue weighted by Crippen LogP contribution is 2.67. The van der Waals surface area contributed by atoms with Crippen LogP contribution in [0.15, 0.2) is 0 Å². The molecular formula is C15H7F23O4. The minimum atomic E-state index is -9.54. The first-order valence-electron chi connectivity index (χ1n) is 9.18. The van der Waals surface area contributed by atoms with E-state index in [0.29, 0.717) is 0 Å². The molecule has 0 radical (unpaired) electrons. The second-order valence-corrected chi connectivity index (χ2v) is 7.68. The van der Waals surface area contributed by atoms with Crippen molar-refractivity contribution in [1.29, 1.82) is 0 Å². The van der Waals surface area contributed by atoms with E-state index in [4.69, 9.17) is 10.2 Å². The van der Waals surface area contributed by atoms with Gasteiger partial charge in [0.15, 0.2) is 0 Å². The summed E-state index contributed by atoms with van der Waals surface area (Å²) in [6, 6.07) is 0. The summed E-state index contributed by atoms with van der Waals surface area (Å²) in [5.41, 5.74) is 0. The van der Waals surface area contributed by atoms with E-state index in [1.54, 1.807) is 0 Å². The van der Waals surface area contributed by atoms with Gasteiger partial charge in [0.05, 0.1) is 6.61 Å². The molecule has 1 atom stereocenters. The SMILES string of the molecule is O=C(OCC(O)CO)C(F)(F)C(F)(F)C(F)(F)C(F)(F)C(F)(F)C(F)(F)C(F)(F)C(F)(F)C(F)(F)C(F)(F)C(F)(F)F. The number of carbonyl (C=O) groups excluding carboxylic acids is 1. The lowest BCUT2D eigenvalue weighted by Gasteiger charge is -2.44. The quantitative estimate of drug-likeness (QED) is 0.190. The van der Waals surface area contributed by atoms with E-state index in [1.807, 2.05) is 0 Å². The normalized spacial score (nSPS) is 16.9. The third kappa shape index (κ3) is 5.03. The zero-order valence-electron chi connectivity index (χ0n) is 18.4. The van der Waals surface area contributed by atoms with Crippen LogP contribution >= 0.6 is 0 Å². The number of hydrogen-bond donors (Lipinski definition) is 2. The number of alkyl halides is 23. The number of hydrogen-bond acceptors (Lipinski definition) is 4. The first kappa shape index (κ1) is 39.8. The molecule has 0 aliphatic carbocycles. The molecule has 0 rings (SSSR count). The molecule has 0 aromatic heterocycles. The van der Waals surface area contributed by atoms with E-state index < -0.39 is 90.7 Å². The standard InChI is InChI=1S/C15H7F23O4/c16-5(17,4(41)42-2-3(40)1-39)6(18,19)7(20,21)8(22,23)9(24,25)10(26,27)11(28,29)12(30,31)13(32,33)14(34,35)15(36,37)38/h3,39-40H,1-2H2. The second kappa shape index (κ2) is 10.4. The van der Waals surface area contributed by atoms with Gasteiger partial charge in [-0.25, -0.2) is 4.79 Å². The minimum Gasteiger partial charge on any atom is -0.458 e. The maximum absolute atomic E-state index is 13.7. The molecule has 0 saturated heterocycles. The summed E-state index contributed by atoms with van der Waals surface area (Å²) in [6.45, 7) is -3.73. The van der Waals surface area contributed by atoms with E-state index in [9.17, 15) is 106 Å². The number of halogens is 23. The van der Waals surface area contributed by atoms with Crippen LogP contribution in [0.2, 0.25) is 0 Å². The molecule has 0 saturated carbocycles. The van der Waals surface area contributed by atoms with Gasteiger partial charge in [0, 0.05) is 0 Å². The number of rotatable bonds is 13. The minimum absolute atomic E-state index is 1.61. The van der Waals surface area contributed by atoms with Crippen molar-refractivity contribution >= 4 is 5.97 Å². The molecule has 27 heteroatoms. The van der Waals surface area contributed by atoms with Crippen molar-refractivity contribution in [1.82, 2.24) is 0 Å². The third-order valence-electron chi connectivity index (χ3n) is 4.78. The van der Waals surface area contributed by atoms with Gasteiger partial charge < -0.3 is 14.9 Å². The molecular weight excluding hydrogens is 681 g/mol. The lowest BCUT2D eigenvalue weighted by atomic mass is 9.85. The average molecular weight is 688 g/mol. The summed E-state index contributed by atoms with van der Waals surface area (Å²) < 4.78 is 307. The van der Waals surface area contributed by atoms with Crippen molar-refractivity contribution in [3.05, 3.63) is 0 Å². The predicted molar refractivity (Wildman–Crippen MR) is 79.6 cm³/mol. The van der Waals surface area contributed by atoms with E-state index in [0.717, 1.165) is 0 Å². The molecule has 0 aliphatic rings. The van der Waals surface area contributed by atoms with Crippen molar-refractivity contribution in [2.24, 2.45) is 0 Å². The second-order valence-electron chi connectivity index (χ2n) is 7.68. The summed E-state index contributed by atoms with van der Waals surface area (Å²) in [6.07, 6.45) is -10.7. The van der Waals surface area contributed by atoms with Crippen molar-refractivity contribution < 1.29 is 121 Å². The Morgan fingerprint density at radius 2 is 0.714 bits per heavy atom. The van der Waals surface area contributed by atoms with Gasteiger partial charge in [-0.2, -0.15) is 101 Å². The van der Waals surface area contributed by atoms with Crippen LogP contribution in [-0.4, -0.2) is 101 Å². The van der Waals surface area contributed by atoms with Crippen LogP contribution in [0.1, 0.15) is 0 Å². The summed E-state index contributed by atoms with van der Waals surface area (Å²) in [4.78, 5) is 10.9. The first-order valence-corrected chi connectivity index (χ1v) is 9.18. The molecule has 1 unspecified atom stereocenters. The number of aliphatic hydroxyl groups excluding tert-OH is 2. The fourth-order valence-electron chi connectivity index (χ4n) is 2.20. The molecule has 0 amide bonds. The monoisotopic (exact) mass is 688 g/mol. The fourth-order valence-corrected chi connectivity index (χ4v) is 2.20. The van der Waals surface area contributed by atoms with E-state index in [-0.39, 0.29) is 0 Å². The lowest BCUT2D eigenvalue weighted by Crippen LogP contribution is -2.78. The summed E-state index contributed by atoms with van der Waals surface area (Å²) in [5.74, 6) is -94.5. The van der Waals surface area contributed by atoms with Crippen molar-refractivity contribution in [2.75, 3.05) is 13.2 Å². The van der Waals surface area contributed by atoms with Gasteiger partial charge in [-0.1, -0.05) is 0 Å². The zero-order valence-corrected chi connectivity index (χ0v) is 18.4. The number of esters is 1. The Balaban J connectivity index is 7.10. The third-order valence-corrected chi connectivity index (χ3v) is 4.78. The number of ether oxygens (including phenoxy) is 1. The van der Waals surface area contributed by atoms with Crippen LogP contribution in [-0.2, 0) is 9.53 Å². The topological polar surface area (TPSA) is 66.8 Å². The molecule has 0 aromatic rings. The summed E-state index contributed by atoms with van der Waals surface area (Å²) in [5, 5.41) is 16.9. The van der Waals surface area contributed by atoms with E-state index in [1.165, 1.54) is 0 Å². The molecule has 42 heavy (non-hydrogen) atoms. The van der Waals surface area contributed by atoms with Crippen LogP contribution in [0.3, 0.4) is 0 Å². The maximum atomic E-state index is 13.7.